The molecule has 1 fully saturated rings. The topological polar surface area (TPSA) is 143 Å². The molecule has 10 nitrogen and oxygen atoms in total. The molecule has 0 aromatic rings. The first-order valence-corrected chi connectivity index (χ1v) is 14.5. The Hall–Kier alpha value is -2.47. The van der Waals surface area contributed by atoms with Gasteiger partial charge in [0, 0.05) is 11.5 Å². The van der Waals surface area contributed by atoms with Crippen LogP contribution in [0.4, 0.5) is 0 Å². The fourth-order valence-electron chi connectivity index (χ4n) is 3.50. The number of hydrogen-bond donors (Lipinski definition) is 4. The number of amides is 4. The standard InChI is InChI=1S/C24H36N4O6S2/c1-6-16-21(30)28-20(14(4)5)24(33)34-15-9-7-8-10-35-36-12-17(22(31)25-16)26-23(32)19(13(2)3)27-18(29)11-15/h6-7,9,13-15,17,19-20H,8,10-12H2,1-5H3,(H,25,31)(H,26,32)(H,27,29)(H,28,30)/b9-7+,16-6+/t15-,17?,19-,20+/m1/s1. The molecule has 2 rings (SSSR count). The minimum atomic E-state index is -1.00. The van der Waals surface area contributed by atoms with E-state index >= 15 is 0 Å². The van der Waals surface area contributed by atoms with Crippen LogP contribution in [0.25, 0.3) is 0 Å². The van der Waals surface area contributed by atoms with Gasteiger partial charge in [0.15, 0.2) is 0 Å². The lowest BCUT2D eigenvalue weighted by atomic mass is 10.0. The lowest BCUT2D eigenvalue weighted by Gasteiger charge is -2.27. The van der Waals surface area contributed by atoms with E-state index in [-0.39, 0.29) is 29.7 Å². The van der Waals surface area contributed by atoms with Crippen LogP contribution in [0.5, 0.6) is 0 Å². The zero-order valence-electron chi connectivity index (χ0n) is 21.3. The molecule has 12 heteroatoms. The SMILES string of the molecule is C/C=C1/NC(=O)C2CSSCC/C=C/[C@H](CC(=O)N[C@H](C(C)C)C(=O)N2)OC(=O)[C@H](C(C)C)NC1=O. The summed E-state index contributed by atoms with van der Waals surface area (Å²) in [6.45, 7) is 8.66. The molecule has 0 spiro atoms. The fourth-order valence-corrected chi connectivity index (χ4v) is 5.66. The van der Waals surface area contributed by atoms with Crippen molar-refractivity contribution in [1.29, 1.82) is 0 Å². The van der Waals surface area contributed by atoms with Crippen LogP contribution in [0.3, 0.4) is 0 Å². The van der Waals surface area contributed by atoms with Crippen molar-refractivity contribution < 1.29 is 28.7 Å². The molecule has 1 saturated heterocycles. The van der Waals surface area contributed by atoms with E-state index in [2.05, 4.69) is 21.3 Å². The van der Waals surface area contributed by atoms with Gasteiger partial charge in [0.05, 0.1) is 6.42 Å². The molecule has 1 unspecified atom stereocenters. The summed E-state index contributed by atoms with van der Waals surface area (Å²) in [5, 5.41) is 10.7. The molecular weight excluding hydrogens is 504 g/mol. The number of allylic oxidation sites excluding steroid dienone is 2. The summed E-state index contributed by atoms with van der Waals surface area (Å²) in [6.07, 6.45) is 4.51. The number of nitrogens with one attached hydrogen (secondary N) is 4. The Morgan fingerprint density at radius 2 is 1.64 bits per heavy atom. The molecule has 2 aliphatic heterocycles. The van der Waals surface area contributed by atoms with Crippen LogP contribution in [0, 0.1) is 11.8 Å². The van der Waals surface area contributed by atoms with Crippen molar-refractivity contribution in [3.63, 3.8) is 0 Å². The van der Waals surface area contributed by atoms with Gasteiger partial charge in [0.1, 0.15) is 29.9 Å². The lowest BCUT2D eigenvalue weighted by molar-refractivity contribution is -0.153. The van der Waals surface area contributed by atoms with E-state index in [4.69, 9.17) is 4.74 Å². The monoisotopic (exact) mass is 540 g/mol. The smallest absolute Gasteiger partial charge is 0.329 e. The zero-order chi connectivity index (χ0) is 26.8. The van der Waals surface area contributed by atoms with E-state index in [0.717, 1.165) is 0 Å². The van der Waals surface area contributed by atoms with Gasteiger partial charge in [-0.15, -0.1) is 0 Å². The average Bonchev–Trinajstić information content (AvgIpc) is 2.81. The van der Waals surface area contributed by atoms with E-state index in [1.54, 1.807) is 40.7 Å². The zero-order valence-corrected chi connectivity index (χ0v) is 22.9. The van der Waals surface area contributed by atoms with Crippen molar-refractivity contribution >= 4 is 51.2 Å². The summed E-state index contributed by atoms with van der Waals surface area (Å²) in [7, 11) is 2.95. The highest BCUT2D eigenvalue weighted by Gasteiger charge is 2.33. The van der Waals surface area contributed by atoms with Crippen molar-refractivity contribution in [2.45, 2.75) is 71.7 Å². The molecule has 0 saturated carbocycles. The maximum Gasteiger partial charge on any atom is 0.329 e. The molecule has 2 bridgehead atoms. The Labute approximate surface area is 220 Å². The average molecular weight is 541 g/mol. The molecule has 0 aromatic carbocycles. The van der Waals surface area contributed by atoms with Gasteiger partial charge in [0.25, 0.3) is 5.91 Å². The van der Waals surface area contributed by atoms with E-state index in [9.17, 15) is 24.0 Å². The van der Waals surface area contributed by atoms with Gasteiger partial charge in [-0.1, -0.05) is 61.4 Å². The summed E-state index contributed by atoms with van der Waals surface area (Å²) in [6, 6.07) is -2.86. The van der Waals surface area contributed by atoms with Crippen LogP contribution in [0.1, 0.15) is 47.5 Å². The van der Waals surface area contributed by atoms with Crippen LogP contribution in [0.15, 0.2) is 23.9 Å². The molecule has 200 valence electrons. The van der Waals surface area contributed by atoms with Crippen LogP contribution < -0.4 is 21.3 Å². The quantitative estimate of drug-likeness (QED) is 0.178. The Bertz CT molecular complexity index is 905. The summed E-state index contributed by atoms with van der Waals surface area (Å²) in [5.41, 5.74) is -0.0445. The predicted molar refractivity (Wildman–Crippen MR) is 141 cm³/mol. The number of esters is 1. The molecule has 4 atom stereocenters. The van der Waals surface area contributed by atoms with Gasteiger partial charge in [0.2, 0.25) is 17.7 Å². The third-order valence-corrected chi connectivity index (χ3v) is 8.03. The second kappa shape index (κ2) is 14.3. The van der Waals surface area contributed by atoms with E-state index in [1.165, 1.54) is 27.7 Å². The number of ether oxygens (including phenoxy) is 1. The van der Waals surface area contributed by atoms with E-state index in [1.807, 2.05) is 6.08 Å². The molecule has 0 radical (unpaired) electrons. The predicted octanol–water partition coefficient (Wildman–Crippen LogP) is 1.43. The maximum atomic E-state index is 13.2. The first-order valence-electron chi connectivity index (χ1n) is 12.0. The molecular formula is C24H36N4O6S2. The normalized spacial score (nSPS) is 29.6. The van der Waals surface area contributed by atoms with Gasteiger partial charge in [-0.05, 0) is 31.3 Å². The molecule has 2 aliphatic rings. The molecule has 4 N–H and O–H groups in total. The van der Waals surface area contributed by atoms with Crippen LogP contribution in [-0.2, 0) is 28.7 Å². The minimum absolute atomic E-state index is 0.0445. The van der Waals surface area contributed by atoms with Gasteiger partial charge in [-0.3, -0.25) is 19.2 Å². The highest BCUT2D eigenvalue weighted by atomic mass is 33.1. The Kier molecular flexibility index (Phi) is 11.8. The summed E-state index contributed by atoms with van der Waals surface area (Å²) in [4.78, 5) is 65.2. The Balaban J connectivity index is 2.55. The Morgan fingerprint density at radius 1 is 0.944 bits per heavy atom. The maximum absolute atomic E-state index is 13.2. The molecule has 4 amide bonds. The summed E-state index contributed by atoms with van der Waals surface area (Å²) in [5.74, 6) is -2.54. The van der Waals surface area contributed by atoms with E-state index < -0.39 is 53.8 Å². The first kappa shape index (κ1) is 29.8. The van der Waals surface area contributed by atoms with Gasteiger partial charge in [-0.25, -0.2) is 4.79 Å². The van der Waals surface area contributed by atoms with Crippen LogP contribution >= 0.6 is 21.6 Å². The molecule has 0 aromatic heterocycles. The second-order valence-corrected chi connectivity index (χ2v) is 11.9. The second-order valence-electron chi connectivity index (χ2n) is 9.24. The number of fused-ring (bicyclic) bond motifs is 7. The van der Waals surface area contributed by atoms with Crippen LogP contribution in [0.2, 0.25) is 0 Å². The number of rotatable bonds is 2. The lowest BCUT2D eigenvalue weighted by Crippen LogP contribution is -2.57. The van der Waals surface area contributed by atoms with Crippen LogP contribution in [-0.4, -0.2) is 65.3 Å². The van der Waals surface area contributed by atoms with E-state index in [0.29, 0.717) is 12.2 Å². The summed E-state index contributed by atoms with van der Waals surface area (Å²) < 4.78 is 5.65. The van der Waals surface area contributed by atoms with Gasteiger partial charge < -0.3 is 26.0 Å². The third-order valence-electron chi connectivity index (χ3n) is 5.59. The van der Waals surface area contributed by atoms with Crippen molar-refractivity contribution in [3.05, 3.63) is 23.9 Å². The van der Waals surface area contributed by atoms with Crippen molar-refractivity contribution in [2.75, 3.05) is 11.5 Å². The largest absolute Gasteiger partial charge is 0.456 e. The summed E-state index contributed by atoms with van der Waals surface area (Å²) >= 11 is 0. The Morgan fingerprint density at radius 3 is 2.28 bits per heavy atom. The fraction of sp³-hybridized carbons (Fsp3) is 0.625. The van der Waals surface area contributed by atoms with Gasteiger partial charge >= 0.3 is 5.97 Å². The molecule has 0 aliphatic carbocycles. The van der Waals surface area contributed by atoms with Gasteiger partial charge in [-0.2, -0.15) is 0 Å². The third kappa shape index (κ3) is 8.88. The molecule has 36 heavy (non-hydrogen) atoms. The van der Waals surface area contributed by atoms with Crippen molar-refractivity contribution in [2.24, 2.45) is 11.8 Å². The minimum Gasteiger partial charge on any atom is -0.456 e. The number of carbonyl (C=O) groups is 5. The number of carbonyl (C=O) groups excluding carboxylic acids is 5. The van der Waals surface area contributed by atoms with Crippen molar-refractivity contribution in [1.82, 2.24) is 21.3 Å². The highest BCUT2D eigenvalue weighted by Crippen LogP contribution is 2.24. The van der Waals surface area contributed by atoms with Crippen molar-refractivity contribution in [3.8, 4) is 0 Å². The molecule has 2 heterocycles. The first-order chi connectivity index (χ1) is 17.0. The highest BCUT2D eigenvalue weighted by molar-refractivity contribution is 8.76. The number of hydrogen-bond acceptors (Lipinski definition) is 8.